The molecule has 0 aliphatic carbocycles. The van der Waals surface area contributed by atoms with E-state index in [9.17, 15) is 13.6 Å². The van der Waals surface area contributed by atoms with Crippen molar-refractivity contribution in [1.82, 2.24) is 0 Å². The summed E-state index contributed by atoms with van der Waals surface area (Å²) in [5.74, 6) is -1.07. The molecule has 1 aliphatic rings. The van der Waals surface area contributed by atoms with Gasteiger partial charge in [0.05, 0.1) is 0 Å². The number of amides is 1. The highest BCUT2D eigenvalue weighted by Gasteiger charge is 2.34. The van der Waals surface area contributed by atoms with Gasteiger partial charge in [-0.1, -0.05) is 12.1 Å². The van der Waals surface area contributed by atoms with Crippen LogP contribution in [0.5, 0.6) is 11.5 Å². The smallest absolute Gasteiger partial charge is 0.269 e. The standard InChI is InChI=1S/C16H13F2NO3/c1-9-15(22-14-5-3-2-4-13(14)21-9)16(20)19-12-7-10(17)6-11(18)8-12/h2-9,15H,1H3,(H,19,20)/t9-,15-/m1/s1. The molecule has 2 aromatic rings. The van der Waals surface area contributed by atoms with E-state index in [1.54, 1.807) is 31.2 Å². The Morgan fingerprint density at radius 1 is 1.05 bits per heavy atom. The number of para-hydroxylation sites is 2. The minimum atomic E-state index is -0.916. The molecule has 0 fully saturated rings. The molecule has 2 atom stereocenters. The summed E-state index contributed by atoms with van der Waals surface area (Å²) in [4.78, 5) is 12.2. The van der Waals surface area contributed by atoms with Crippen LogP contribution in [0, 0.1) is 11.6 Å². The summed E-state index contributed by atoms with van der Waals surface area (Å²) < 4.78 is 37.5. The third-order valence-corrected chi connectivity index (χ3v) is 3.23. The molecule has 114 valence electrons. The van der Waals surface area contributed by atoms with Crippen LogP contribution in [0.1, 0.15) is 6.92 Å². The number of fused-ring (bicyclic) bond motifs is 1. The van der Waals surface area contributed by atoms with Crippen molar-refractivity contribution < 1.29 is 23.0 Å². The van der Waals surface area contributed by atoms with E-state index < -0.39 is 29.7 Å². The Hall–Kier alpha value is -2.63. The Kier molecular flexibility index (Phi) is 3.66. The molecule has 0 aromatic heterocycles. The predicted octanol–water partition coefficient (Wildman–Crippen LogP) is 3.13. The van der Waals surface area contributed by atoms with E-state index in [1.807, 2.05) is 0 Å². The monoisotopic (exact) mass is 305 g/mol. The molecule has 0 spiro atoms. The summed E-state index contributed by atoms with van der Waals surface area (Å²) in [7, 11) is 0. The lowest BCUT2D eigenvalue weighted by Gasteiger charge is -2.31. The number of hydrogen-bond donors (Lipinski definition) is 1. The minimum Gasteiger partial charge on any atom is -0.482 e. The Labute approximate surface area is 125 Å². The van der Waals surface area contributed by atoms with Gasteiger partial charge < -0.3 is 14.8 Å². The molecule has 1 heterocycles. The molecule has 0 radical (unpaired) electrons. The van der Waals surface area contributed by atoms with Crippen LogP contribution in [-0.2, 0) is 4.79 Å². The second-order valence-electron chi connectivity index (χ2n) is 4.96. The zero-order valence-electron chi connectivity index (χ0n) is 11.7. The van der Waals surface area contributed by atoms with Crippen molar-refractivity contribution >= 4 is 11.6 Å². The lowest BCUT2D eigenvalue weighted by atomic mass is 10.1. The van der Waals surface area contributed by atoms with Gasteiger partial charge >= 0.3 is 0 Å². The number of carbonyl (C=O) groups excluding carboxylic acids is 1. The van der Waals surface area contributed by atoms with Gasteiger partial charge in [-0.25, -0.2) is 8.78 Å². The summed E-state index contributed by atoms with van der Waals surface area (Å²) in [6.07, 6.45) is -1.45. The SMILES string of the molecule is C[C@H]1Oc2ccccc2O[C@H]1C(=O)Nc1cc(F)cc(F)c1. The molecule has 22 heavy (non-hydrogen) atoms. The van der Waals surface area contributed by atoms with Crippen molar-refractivity contribution in [2.75, 3.05) is 5.32 Å². The number of rotatable bonds is 2. The number of nitrogens with one attached hydrogen (secondary N) is 1. The predicted molar refractivity (Wildman–Crippen MR) is 75.9 cm³/mol. The number of anilines is 1. The number of benzene rings is 2. The Bertz CT molecular complexity index is 700. The van der Waals surface area contributed by atoms with Crippen molar-refractivity contribution in [3.05, 3.63) is 54.1 Å². The third-order valence-electron chi connectivity index (χ3n) is 3.23. The molecule has 2 aromatic carbocycles. The van der Waals surface area contributed by atoms with Gasteiger partial charge in [-0.05, 0) is 31.2 Å². The molecular formula is C16H13F2NO3. The van der Waals surface area contributed by atoms with Gasteiger partial charge in [-0.2, -0.15) is 0 Å². The van der Waals surface area contributed by atoms with Gasteiger partial charge in [0.2, 0.25) is 6.10 Å². The molecule has 0 unspecified atom stereocenters. The third kappa shape index (κ3) is 2.86. The summed E-state index contributed by atoms with van der Waals surface area (Å²) in [5.41, 5.74) is 0.0251. The Morgan fingerprint density at radius 3 is 2.27 bits per heavy atom. The van der Waals surface area contributed by atoms with Crippen molar-refractivity contribution in [3.63, 3.8) is 0 Å². The molecule has 0 saturated carbocycles. The maximum Gasteiger partial charge on any atom is 0.269 e. The lowest BCUT2D eigenvalue weighted by molar-refractivity contribution is -0.128. The number of carbonyl (C=O) groups is 1. The second-order valence-corrected chi connectivity index (χ2v) is 4.96. The van der Waals surface area contributed by atoms with E-state index in [1.165, 1.54) is 0 Å². The van der Waals surface area contributed by atoms with Crippen molar-refractivity contribution in [3.8, 4) is 11.5 Å². The van der Waals surface area contributed by atoms with Gasteiger partial charge in [0.1, 0.15) is 17.7 Å². The first kappa shape index (κ1) is 14.3. The summed E-state index contributed by atoms with van der Waals surface area (Å²) >= 11 is 0. The quantitative estimate of drug-likeness (QED) is 0.927. The topological polar surface area (TPSA) is 47.6 Å². The van der Waals surface area contributed by atoms with Crippen LogP contribution in [0.3, 0.4) is 0 Å². The fourth-order valence-corrected chi connectivity index (χ4v) is 2.25. The Balaban J connectivity index is 1.78. The zero-order valence-corrected chi connectivity index (χ0v) is 11.7. The lowest BCUT2D eigenvalue weighted by Crippen LogP contribution is -2.46. The summed E-state index contributed by atoms with van der Waals surface area (Å²) in [6, 6.07) is 9.77. The molecule has 4 nitrogen and oxygen atoms in total. The van der Waals surface area contributed by atoms with Crippen LogP contribution in [-0.4, -0.2) is 18.1 Å². The van der Waals surface area contributed by atoms with E-state index in [4.69, 9.17) is 9.47 Å². The van der Waals surface area contributed by atoms with Crippen molar-refractivity contribution in [2.24, 2.45) is 0 Å². The molecule has 1 N–H and O–H groups in total. The second kappa shape index (κ2) is 5.63. The summed E-state index contributed by atoms with van der Waals surface area (Å²) in [5, 5.41) is 2.43. The molecule has 1 amide bonds. The minimum absolute atomic E-state index is 0.0251. The van der Waals surface area contributed by atoms with Gasteiger partial charge in [-0.15, -0.1) is 0 Å². The maximum atomic E-state index is 13.1. The first-order valence-corrected chi connectivity index (χ1v) is 6.72. The van der Waals surface area contributed by atoms with Gasteiger partial charge in [0.25, 0.3) is 5.91 Å². The fraction of sp³-hybridized carbons (Fsp3) is 0.188. The number of ether oxygens (including phenoxy) is 2. The largest absolute Gasteiger partial charge is 0.482 e. The van der Waals surface area contributed by atoms with E-state index >= 15 is 0 Å². The van der Waals surface area contributed by atoms with E-state index in [-0.39, 0.29) is 5.69 Å². The van der Waals surface area contributed by atoms with Crippen molar-refractivity contribution in [1.29, 1.82) is 0 Å². The van der Waals surface area contributed by atoms with Crippen LogP contribution < -0.4 is 14.8 Å². The van der Waals surface area contributed by atoms with Gasteiger partial charge in [0, 0.05) is 11.8 Å². The van der Waals surface area contributed by atoms with Crippen LogP contribution >= 0.6 is 0 Å². The first-order chi connectivity index (χ1) is 10.5. The van der Waals surface area contributed by atoms with Gasteiger partial charge in [0.15, 0.2) is 11.5 Å². The highest BCUT2D eigenvalue weighted by atomic mass is 19.1. The average Bonchev–Trinajstić information content (AvgIpc) is 2.45. The van der Waals surface area contributed by atoms with E-state index in [2.05, 4.69) is 5.32 Å². The normalized spacial score (nSPS) is 19.6. The molecule has 6 heteroatoms. The molecule has 0 saturated heterocycles. The average molecular weight is 305 g/mol. The molecule has 0 bridgehead atoms. The highest BCUT2D eigenvalue weighted by Crippen LogP contribution is 2.33. The van der Waals surface area contributed by atoms with Crippen LogP contribution in [0.15, 0.2) is 42.5 Å². The highest BCUT2D eigenvalue weighted by molar-refractivity contribution is 5.95. The van der Waals surface area contributed by atoms with Crippen molar-refractivity contribution in [2.45, 2.75) is 19.1 Å². The van der Waals surface area contributed by atoms with Crippen LogP contribution in [0.2, 0.25) is 0 Å². The maximum absolute atomic E-state index is 13.1. The number of hydrogen-bond acceptors (Lipinski definition) is 3. The first-order valence-electron chi connectivity index (χ1n) is 6.72. The van der Waals surface area contributed by atoms with E-state index in [0.29, 0.717) is 11.5 Å². The molecule has 3 rings (SSSR count). The molecule has 1 aliphatic heterocycles. The fourth-order valence-electron chi connectivity index (χ4n) is 2.25. The number of halogens is 2. The van der Waals surface area contributed by atoms with Gasteiger partial charge in [-0.3, -0.25) is 4.79 Å². The molecular weight excluding hydrogens is 292 g/mol. The van der Waals surface area contributed by atoms with E-state index in [0.717, 1.165) is 18.2 Å². The van der Waals surface area contributed by atoms with Crippen LogP contribution in [0.25, 0.3) is 0 Å². The zero-order chi connectivity index (χ0) is 15.7. The van der Waals surface area contributed by atoms with Crippen LogP contribution in [0.4, 0.5) is 14.5 Å². The summed E-state index contributed by atoms with van der Waals surface area (Å²) in [6.45, 7) is 1.69. The Morgan fingerprint density at radius 2 is 1.64 bits per heavy atom.